The van der Waals surface area contributed by atoms with E-state index in [1.165, 1.54) is 12.1 Å². The Morgan fingerprint density at radius 3 is 2.88 bits per heavy atom. The lowest BCUT2D eigenvalue weighted by Crippen LogP contribution is -2.33. The highest BCUT2D eigenvalue weighted by Crippen LogP contribution is 2.57. The first kappa shape index (κ1) is 21.1. The van der Waals surface area contributed by atoms with Gasteiger partial charge in [0.25, 0.3) is 0 Å². The largest absolute Gasteiger partial charge is 0.396 e. The first-order chi connectivity index (χ1) is 15.5. The summed E-state index contributed by atoms with van der Waals surface area (Å²) in [6.45, 7) is 2.60. The lowest BCUT2D eigenvalue weighted by molar-refractivity contribution is -0.120. The van der Waals surface area contributed by atoms with Crippen LogP contribution in [0.1, 0.15) is 43.2 Å². The van der Waals surface area contributed by atoms with Crippen LogP contribution in [-0.4, -0.2) is 53.3 Å². The van der Waals surface area contributed by atoms with Crippen molar-refractivity contribution in [1.29, 1.82) is 0 Å². The minimum absolute atomic E-state index is 0.0355. The number of fused-ring (bicyclic) bond motifs is 2. The summed E-state index contributed by atoms with van der Waals surface area (Å²) in [5.41, 5.74) is 8.07. The van der Waals surface area contributed by atoms with Crippen molar-refractivity contribution < 1.29 is 14.3 Å². The highest BCUT2D eigenvalue weighted by molar-refractivity contribution is 6.10. The van der Waals surface area contributed by atoms with Crippen LogP contribution in [0.5, 0.6) is 0 Å². The molecule has 4 N–H and O–H groups in total. The summed E-state index contributed by atoms with van der Waals surface area (Å²) in [4.78, 5) is 26.4. The van der Waals surface area contributed by atoms with Gasteiger partial charge in [-0.05, 0) is 49.8 Å². The minimum Gasteiger partial charge on any atom is -0.396 e. The Morgan fingerprint density at radius 2 is 2.16 bits per heavy atom. The molecule has 9 heteroatoms. The van der Waals surface area contributed by atoms with Gasteiger partial charge in [-0.25, -0.2) is 9.37 Å². The van der Waals surface area contributed by atoms with E-state index < -0.39 is 5.41 Å². The summed E-state index contributed by atoms with van der Waals surface area (Å²) in [7, 11) is 0. The number of aliphatic hydroxyl groups excluding tert-OH is 1. The van der Waals surface area contributed by atoms with Crippen LogP contribution in [0.4, 0.5) is 21.8 Å². The second-order valence-corrected chi connectivity index (χ2v) is 9.03. The molecular formula is C23H29FN6O2. The molecular weight excluding hydrogens is 411 g/mol. The van der Waals surface area contributed by atoms with E-state index in [0.717, 1.165) is 49.2 Å². The number of hydrogen-bond donors (Lipinski definition) is 3. The number of nitrogens with one attached hydrogen (secondary N) is 1. The maximum Gasteiger partial charge on any atom is 0.238 e. The van der Waals surface area contributed by atoms with Crippen molar-refractivity contribution in [2.24, 2.45) is 5.73 Å². The number of halogens is 1. The number of hydrogen-bond acceptors (Lipinski definition) is 7. The smallest absolute Gasteiger partial charge is 0.238 e. The predicted molar refractivity (Wildman–Crippen MR) is 120 cm³/mol. The van der Waals surface area contributed by atoms with Gasteiger partial charge in [-0.1, -0.05) is 6.07 Å². The number of nitrogens with zero attached hydrogens (tertiary/aromatic N) is 4. The Morgan fingerprint density at radius 1 is 1.31 bits per heavy atom. The number of unbranched alkanes of at least 4 members (excludes halogenated alkanes) is 1. The van der Waals surface area contributed by atoms with Gasteiger partial charge in [0.05, 0.1) is 17.6 Å². The molecule has 1 saturated heterocycles. The second kappa shape index (κ2) is 8.29. The van der Waals surface area contributed by atoms with Crippen molar-refractivity contribution in [3.63, 3.8) is 0 Å². The number of amides is 1. The van der Waals surface area contributed by atoms with Crippen LogP contribution >= 0.6 is 0 Å². The third-order valence-corrected chi connectivity index (χ3v) is 6.73. The highest BCUT2D eigenvalue weighted by atomic mass is 19.1. The van der Waals surface area contributed by atoms with Gasteiger partial charge in [0.15, 0.2) is 0 Å². The summed E-state index contributed by atoms with van der Waals surface area (Å²) < 4.78 is 14.1. The van der Waals surface area contributed by atoms with Crippen LogP contribution in [-0.2, 0) is 16.8 Å². The van der Waals surface area contributed by atoms with Crippen molar-refractivity contribution in [3.05, 3.63) is 41.3 Å². The van der Waals surface area contributed by atoms with E-state index in [0.29, 0.717) is 37.7 Å². The van der Waals surface area contributed by atoms with E-state index in [2.05, 4.69) is 15.2 Å². The van der Waals surface area contributed by atoms with Gasteiger partial charge in [-0.2, -0.15) is 4.98 Å². The third kappa shape index (κ3) is 3.69. The molecule has 3 aliphatic rings. The van der Waals surface area contributed by atoms with Gasteiger partial charge in [-0.15, -0.1) is 0 Å². The molecule has 1 aromatic heterocycles. The Balaban J connectivity index is 1.44. The average Bonchev–Trinajstić information content (AvgIpc) is 3.43. The number of aliphatic hydroxyl groups is 1. The quantitative estimate of drug-likeness (QED) is 0.538. The Kier molecular flexibility index (Phi) is 5.46. The van der Waals surface area contributed by atoms with Crippen LogP contribution < -0.4 is 20.9 Å². The highest BCUT2D eigenvalue weighted by Gasteiger charge is 2.59. The number of carbonyl (C=O) groups excluding carboxylic acids is 1. The molecule has 2 aromatic rings. The number of anilines is 3. The molecule has 1 saturated carbocycles. The van der Waals surface area contributed by atoms with Crippen molar-refractivity contribution in [1.82, 2.24) is 9.97 Å². The van der Waals surface area contributed by atoms with Crippen molar-refractivity contribution in [2.45, 2.75) is 50.1 Å². The average molecular weight is 441 g/mol. The van der Waals surface area contributed by atoms with E-state index in [4.69, 9.17) is 15.8 Å². The molecule has 1 aromatic carbocycles. The number of carbonyl (C=O) groups is 1. The third-order valence-electron chi connectivity index (χ3n) is 6.73. The number of benzene rings is 1. The normalized spacial score (nSPS) is 20.8. The molecule has 32 heavy (non-hydrogen) atoms. The Labute approximate surface area is 186 Å². The summed E-state index contributed by atoms with van der Waals surface area (Å²) in [5.74, 6) is 0.970. The maximum atomic E-state index is 14.1. The summed E-state index contributed by atoms with van der Waals surface area (Å²) in [5, 5.41) is 12.2. The molecule has 5 rings (SSSR count). The molecule has 1 amide bonds. The fraction of sp³-hybridized carbons (Fsp3) is 0.522. The fourth-order valence-electron chi connectivity index (χ4n) is 4.84. The zero-order chi connectivity index (χ0) is 22.3. The number of aromatic nitrogens is 2. The lowest BCUT2D eigenvalue weighted by atomic mass is 9.98. The van der Waals surface area contributed by atoms with E-state index in [9.17, 15) is 9.18 Å². The zero-order valence-corrected chi connectivity index (χ0v) is 18.1. The first-order valence-electron chi connectivity index (χ1n) is 11.3. The first-order valence-corrected chi connectivity index (χ1v) is 11.3. The van der Waals surface area contributed by atoms with Crippen LogP contribution in [0.25, 0.3) is 0 Å². The molecule has 1 unspecified atom stereocenters. The summed E-state index contributed by atoms with van der Waals surface area (Å²) in [6, 6.07) is 4.74. The van der Waals surface area contributed by atoms with Gasteiger partial charge >= 0.3 is 0 Å². The van der Waals surface area contributed by atoms with Crippen molar-refractivity contribution in [3.8, 4) is 0 Å². The van der Waals surface area contributed by atoms with Crippen LogP contribution in [0.3, 0.4) is 0 Å². The van der Waals surface area contributed by atoms with Gasteiger partial charge in [0.2, 0.25) is 11.9 Å². The molecule has 8 nitrogen and oxygen atoms in total. The minimum atomic E-state index is -0.478. The Hall–Kier alpha value is -2.78. The van der Waals surface area contributed by atoms with Crippen molar-refractivity contribution in [2.75, 3.05) is 41.4 Å². The lowest BCUT2D eigenvalue weighted by Gasteiger charge is -2.24. The molecule has 1 aliphatic carbocycles. The fourth-order valence-corrected chi connectivity index (χ4v) is 4.84. The molecule has 0 bridgehead atoms. The molecule has 170 valence electrons. The molecule has 0 radical (unpaired) electrons. The monoisotopic (exact) mass is 440 g/mol. The second-order valence-electron chi connectivity index (χ2n) is 9.03. The molecule has 1 spiro atoms. The molecule has 2 fully saturated rings. The van der Waals surface area contributed by atoms with Gasteiger partial charge in [0, 0.05) is 44.0 Å². The van der Waals surface area contributed by atoms with Crippen LogP contribution in [0.2, 0.25) is 0 Å². The molecule has 1 atom stereocenters. The SMILES string of the molecule is NC1CCN(c2nc(NCCCCO)ncc2CN2C(=O)C3(CC3)c3ccc(F)cc32)C1. The van der Waals surface area contributed by atoms with Gasteiger partial charge in [-0.3, -0.25) is 4.79 Å². The Bertz CT molecular complexity index is 1030. The van der Waals surface area contributed by atoms with Crippen LogP contribution in [0, 0.1) is 5.82 Å². The van der Waals surface area contributed by atoms with Crippen LogP contribution in [0.15, 0.2) is 24.4 Å². The van der Waals surface area contributed by atoms with E-state index >= 15 is 0 Å². The van der Waals surface area contributed by atoms with E-state index in [-0.39, 0.29) is 24.4 Å². The molecule has 2 aliphatic heterocycles. The maximum absolute atomic E-state index is 14.1. The number of rotatable bonds is 8. The topological polar surface area (TPSA) is 108 Å². The van der Waals surface area contributed by atoms with Gasteiger partial charge in [0.1, 0.15) is 11.6 Å². The predicted octanol–water partition coefficient (Wildman–Crippen LogP) is 1.92. The summed E-state index contributed by atoms with van der Waals surface area (Å²) >= 11 is 0. The van der Waals surface area contributed by atoms with Crippen molar-refractivity contribution >= 4 is 23.4 Å². The molecule has 3 heterocycles. The zero-order valence-electron chi connectivity index (χ0n) is 18.1. The standard InChI is InChI=1S/C23H29FN6O2/c24-16-3-4-18-19(11-16)30(21(32)23(18)6-7-23)13-15-12-27-22(26-8-1-2-10-31)28-20(15)29-9-5-17(25)14-29/h3-4,11-12,17,31H,1-2,5-10,13-14,25H2,(H,26,27,28). The number of nitrogens with two attached hydrogens (primary N) is 1. The van der Waals surface area contributed by atoms with Gasteiger partial charge < -0.3 is 26.0 Å². The van der Waals surface area contributed by atoms with E-state index in [1.807, 2.05) is 0 Å². The summed E-state index contributed by atoms with van der Waals surface area (Å²) in [6.07, 6.45) is 5.78. The van der Waals surface area contributed by atoms with E-state index in [1.54, 1.807) is 17.2 Å².